The number of carbonyl (C=O) groups is 1. The van der Waals surface area contributed by atoms with E-state index in [1.165, 1.54) is 0 Å². The molecule has 9 heteroatoms. The minimum Gasteiger partial charge on any atom is -0.486 e. The highest BCUT2D eigenvalue weighted by Gasteiger charge is 2.43. The van der Waals surface area contributed by atoms with Gasteiger partial charge in [0.2, 0.25) is 0 Å². The van der Waals surface area contributed by atoms with Crippen LogP contribution in [0.2, 0.25) is 0 Å². The Labute approximate surface area is 157 Å². The van der Waals surface area contributed by atoms with Gasteiger partial charge in [-0.3, -0.25) is 9.69 Å². The smallest absolute Gasteiger partial charge is 0.471 e. The van der Waals surface area contributed by atoms with Crippen LogP contribution in [0.3, 0.4) is 0 Å². The van der Waals surface area contributed by atoms with Crippen LogP contribution in [-0.4, -0.2) is 54.9 Å². The number of piperidine rings is 1. The molecule has 0 spiro atoms. The number of benzene rings is 1. The lowest BCUT2D eigenvalue weighted by Crippen LogP contribution is -2.57. The molecule has 1 aromatic carbocycles. The summed E-state index contributed by atoms with van der Waals surface area (Å²) in [6.45, 7) is 3.92. The second-order valence-electron chi connectivity index (χ2n) is 6.81. The molecule has 0 saturated carbocycles. The summed E-state index contributed by atoms with van der Waals surface area (Å²) in [4.78, 5) is 13.3. The monoisotopic (exact) mass is 392 g/mol. The summed E-state index contributed by atoms with van der Waals surface area (Å²) in [5.74, 6) is -0.443. The molecule has 0 bridgehead atoms. The first-order valence-corrected chi connectivity index (χ1v) is 8.25. The number of rotatable bonds is 3. The molecule has 1 amide bonds. The zero-order valence-electron chi connectivity index (χ0n) is 14.4. The number of hydrogen-bond acceptors (Lipinski definition) is 4. The maximum absolute atomic E-state index is 12.4. The van der Waals surface area contributed by atoms with Crippen LogP contribution >= 0.6 is 13.5 Å². The van der Waals surface area contributed by atoms with Gasteiger partial charge in [-0.2, -0.15) is 26.7 Å². The van der Waals surface area contributed by atoms with E-state index >= 15 is 0 Å². The maximum atomic E-state index is 12.4. The van der Waals surface area contributed by atoms with Crippen LogP contribution in [-0.2, 0) is 4.79 Å². The second kappa shape index (κ2) is 7.96. The van der Waals surface area contributed by atoms with Gasteiger partial charge in [-0.25, -0.2) is 0 Å². The fourth-order valence-corrected chi connectivity index (χ4v) is 3.14. The Morgan fingerprint density at radius 1 is 1.27 bits per heavy atom. The number of fused-ring (bicyclic) bond motifs is 1. The van der Waals surface area contributed by atoms with Gasteiger partial charge < -0.3 is 14.8 Å². The predicted octanol–water partition coefficient (Wildman–Crippen LogP) is 2.47. The Morgan fingerprint density at radius 2 is 1.88 bits per heavy atom. The molecule has 1 N–H and O–H groups in total. The Morgan fingerprint density at radius 3 is 2.50 bits per heavy atom. The summed E-state index contributed by atoms with van der Waals surface area (Å²) < 4.78 is 48.9. The molecule has 0 aromatic heterocycles. The van der Waals surface area contributed by atoms with E-state index in [4.69, 9.17) is 9.47 Å². The van der Waals surface area contributed by atoms with Crippen molar-refractivity contribution in [3.8, 4) is 11.5 Å². The van der Waals surface area contributed by atoms with Crippen LogP contribution in [0.5, 0.6) is 11.5 Å². The van der Waals surface area contributed by atoms with Gasteiger partial charge in [-0.05, 0) is 31.9 Å². The fourth-order valence-electron chi connectivity index (χ4n) is 3.14. The van der Waals surface area contributed by atoms with E-state index in [1.807, 2.05) is 24.3 Å². The van der Waals surface area contributed by atoms with Crippen molar-refractivity contribution in [1.29, 1.82) is 0 Å². The number of ether oxygens (including phenoxy) is 2. The van der Waals surface area contributed by atoms with Gasteiger partial charge in [-0.15, -0.1) is 0 Å². The van der Waals surface area contributed by atoms with Crippen molar-refractivity contribution < 1.29 is 27.4 Å². The van der Waals surface area contributed by atoms with Gasteiger partial charge in [0.05, 0.1) is 0 Å². The third kappa shape index (κ3) is 4.97. The van der Waals surface area contributed by atoms with Crippen LogP contribution in [0, 0.1) is 0 Å². The molecular weight excluding hydrogens is 369 g/mol. The van der Waals surface area contributed by atoms with Gasteiger partial charge in [0, 0.05) is 25.2 Å². The molecule has 1 aromatic rings. The van der Waals surface area contributed by atoms with Gasteiger partial charge in [0.1, 0.15) is 12.7 Å². The first kappa shape index (κ1) is 20.7. The molecule has 0 aliphatic carbocycles. The highest BCUT2D eigenvalue weighted by molar-refractivity contribution is 7.59. The van der Waals surface area contributed by atoms with E-state index in [2.05, 4.69) is 10.2 Å². The lowest BCUT2D eigenvalue weighted by atomic mass is 9.89. The fraction of sp³-hybridized carbons (Fsp3) is 0.588. The highest BCUT2D eigenvalue weighted by Crippen LogP contribution is 2.31. The van der Waals surface area contributed by atoms with Crippen molar-refractivity contribution in [2.24, 2.45) is 0 Å². The van der Waals surface area contributed by atoms with Crippen LogP contribution in [0.25, 0.3) is 0 Å². The minimum atomic E-state index is -4.85. The quantitative estimate of drug-likeness (QED) is 0.859. The molecule has 0 unspecified atom stereocenters. The Bertz CT molecular complexity index is 634. The summed E-state index contributed by atoms with van der Waals surface area (Å²) >= 11 is 0. The van der Waals surface area contributed by atoms with Gasteiger partial charge in [-0.1, -0.05) is 12.1 Å². The van der Waals surface area contributed by atoms with Crippen molar-refractivity contribution in [3.63, 3.8) is 0 Å². The first-order valence-electron chi connectivity index (χ1n) is 8.25. The average Bonchev–Trinajstić information content (AvgIpc) is 2.56. The van der Waals surface area contributed by atoms with Crippen molar-refractivity contribution in [2.45, 2.75) is 37.6 Å². The summed E-state index contributed by atoms with van der Waals surface area (Å²) in [5, 5.41) is 2.13. The normalized spacial score (nSPS) is 22.2. The molecule has 5 nitrogen and oxygen atoms in total. The molecule has 146 valence electrons. The van der Waals surface area contributed by atoms with E-state index in [9.17, 15) is 18.0 Å². The number of hydrogen-bond donors (Lipinski definition) is 1. The number of alkyl halides is 3. The van der Waals surface area contributed by atoms with Crippen molar-refractivity contribution in [1.82, 2.24) is 10.2 Å². The van der Waals surface area contributed by atoms with Crippen LogP contribution in [0.4, 0.5) is 13.2 Å². The minimum absolute atomic E-state index is 0. The van der Waals surface area contributed by atoms with E-state index < -0.39 is 17.6 Å². The van der Waals surface area contributed by atoms with Crippen molar-refractivity contribution in [3.05, 3.63) is 24.3 Å². The number of para-hydroxylation sites is 2. The number of halogens is 3. The van der Waals surface area contributed by atoms with Crippen molar-refractivity contribution in [2.75, 3.05) is 26.2 Å². The van der Waals surface area contributed by atoms with E-state index in [1.54, 1.807) is 6.92 Å². The van der Waals surface area contributed by atoms with Crippen LogP contribution in [0.15, 0.2) is 24.3 Å². The zero-order chi connectivity index (χ0) is 18.1. The third-order valence-electron chi connectivity index (χ3n) is 4.66. The number of amides is 1. The summed E-state index contributed by atoms with van der Waals surface area (Å²) in [6.07, 6.45) is -4.05. The standard InChI is InChI=1S/C17H21F3N2O3.H2S/c1-16(21-15(23)17(18,19)20)6-8-22(9-7-16)10-12-11-24-13-4-2-3-5-14(13)25-12;/h2-5,12H,6-11H2,1H3,(H,21,23);1H2/t12-;/m0./s1. The molecule has 26 heavy (non-hydrogen) atoms. The highest BCUT2D eigenvalue weighted by atomic mass is 32.1. The molecule has 2 heterocycles. The number of carbonyl (C=O) groups excluding carboxylic acids is 1. The number of nitrogens with one attached hydrogen (secondary N) is 1. The molecule has 0 radical (unpaired) electrons. The summed E-state index contributed by atoms with van der Waals surface area (Å²) in [6, 6.07) is 7.45. The molecular formula is C17H23F3N2O3S. The molecule has 1 atom stereocenters. The van der Waals surface area contributed by atoms with Crippen LogP contribution in [0.1, 0.15) is 19.8 Å². The molecule has 3 rings (SSSR count). The Kier molecular flexibility index (Phi) is 6.33. The summed E-state index contributed by atoms with van der Waals surface area (Å²) in [5.41, 5.74) is -0.834. The van der Waals surface area contributed by atoms with E-state index in [0.717, 1.165) is 5.75 Å². The van der Waals surface area contributed by atoms with E-state index in [-0.39, 0.29) is 19.6 Å². The third-order valence-corrected chi connectivity index (χ3v) is 4.66. The number of likely N-dealkylation sites (tertiary alicyclic amines) is 1. The van der Waals surface area contributed by atoms with Gasteiger partial charge >= 0.3 is 12.1 Å². The molecule has 1 fully saturated rings. The topological polar surface area (TPSA) is 50.8 Å². The van der Waals surface area contributed by atoms with Gasteiger partial charge in [0.15, 0.2) is 11.5 Å². The maximum Gasteiger partial charge on any atom is 0.471 e. The van der Waals surface area contributed by atoms with E-state index in [0.29, 0.717) is 44.8 Å². The van der Waals surface area contributed by atoms with Gasteiger partial charge in [0.25, 0.3) is 0 Å². The SMILES string of the molecule is CC1(NC(=O)C(F)(F)F)CCN(C[C@H]2COc3ccccc3O2)CC1.S. The summed E-state index contributed by atoms with van der Waals surface area (Å²) in [7, 11) is 0. The lowest BCUT2D eigenvalue weighted by molar-refractivity contribution is -0.176. The average molecular weight is 392 g/mol. The zero-order valence-corrected chi connectivity index (χ0v) is 15.4. The Balaban J connectivity index is 0.00000243. The number of nitrogens with zero attached hydrogens (tertiary/aromatic N) is 1. The largest absolute Gasteiger partial charge is 0.486 e. The second-order valence-corrected chi connectivity index (χ2v) is 6.81. The Hall–Kier alpha value is -1.61. The molecule has 2 aliphatic rings. The molecule has 2 aliphatic heterocycles. The molecule has 1 saturated heterocycles. The lowest BCUT2D eigenvalue weighted by Gasteiger charge is -2.41. The van der Waals surface area contributed by atoms with Crippen molar-refractivity contribution >= 4 is 19.4 Å². The van der Waals surface area contributed by atoms with Crippen LogP contribution < -0.4 is 14.8 Å². The first-order chi connectivity index (χ1) is 11.8. The predicted molar refractivity (Wildman–Crippen MR) is 95.0 cm³/mol.